The molecule has 25 heavy (non-hydrogen) atoms. The molecule has 2 aliphatic heterocycles. The van der Waals surface area contributed by atoms with Gasteiger partial charge < -0.3 is 9.84 Å². The lowest BCUT2D eigenvalue weighted by molar-refractivity contribution is -0.125. The molecular formula is C16H24N6O3. The molecule has 3 aliphatic rings. The molecule has 1 aromatic rings. The maximum atomic E-state index is 11.6. The Hall–Kier alpha value is -2.00. The number of amides is 3. The van der Waals surface area contributed by atoms with Gasteiger partial charge in [-0.25, -0.2) is 4.79 Å². The van der Waals surface area contributed by atoms with Gasteiger partial charge in [0.05, 0.1) is 12.6 Å². The highest BCUT2D eigenvalue weighted by Gasteiger charge is 2.32. The average molecular weight is 348 g/mol. The van der Waals surface area contributed by atoms with Crippen LogP contribution in [-0.4, -0.2) is 82.6 Å². The Kier molecular flexibility index (Phi) is 4.43. The van der Waals surface area contributed by atoms with Crippen molar-refractivity contribution in [2.75, 3.05) is 45.8 Å². The summed E-state index contributed by atoms with van der Waals surface area (Å²) < 4.78 is 5.44. The van der Waals surface area contributed by atoms with Crippen molar-refractivity contribution >= 4 is 11.9 Å². The molecule has 3 amide bonds. The van der Waals surface area contributed by atoms with Crippen molar-refractivity contribution in [2.45, 2.75) is 31.7 Å². The Morgan fingerprint density at radius 3 is 2.60 bits per heavy atom. The molecule has 3 fully saturated rings. The molecule has 2 saturated heterocycles. The number of nitrogens with one attached hydrogen (secondary N) is 1. The van der Waals surface area contributed by atoms with Crippen molar-refractivity contribution in [1.29, 1.82) is 0 Å². The zero-order valence-corrected chi connectivity index (χ0v) is 14.5. The number of piperazine rings is 1. The maximum absolute atomic E-state index is 11.6. The smallest absolute Gasteiger partial charge is 0.324 e. The van der Waals surface area contributed by atoms with E-state index in [1.165, 1.54) is 17.7 Å². The van der Waals surface area contributed by atoms with Crippen molar-refractivity contribution in [3.63, 3.8) is 0 Å². The molecule has 0 radical (unpaired) electrons. The first-order valence-electron chi connectivity index (χ1n) is 9.00. The van der Waals surface area contributed by atoms with E-state index in [4.69, 9.17) is 4.52 Å². The first kappa shape index (κ1) is 16.5. The topological polar surface area (TPSA) is 94.8 Å². The molecule has 1 aliphatic carbocycles. The molecule has 136 valence electrons. The summed E-state index contributed by atoms with van der Waals surface area (Å²) in [5.74, 6) is 1.93. The second kappa shape index (κ2) is 6.72. The summed E-state index contributed by atoms with van der Waals surface area (Å²) in [6.45, 7) is 7.01. The van der Waals surface area contributed by atoms with Gasteiger partial charge in [-0.15, -0.1) is 0 Å². The number of nitrogens with zero attached hydrogens (tertiary/aromatic N) is 5. The lowest BCUT2D eigenvalue weighted by Crippen LogP contribution is -2.49. The third-order valence-corrected chi connectivity index (χ3v) is 5.29. The Balaban J connectivity index is 1.24. The number of carbonyl (C=O) groups is 2. The molecule has 1 saturated carbocycles. The Morgan fingerprint density at radius 1 is 1.20 bits per heavy atom. The summed E-state index contributed by atoms with van der Waals surface area (Å²) in [7, 11) is 0. The number of hydrogen-bond donors (Lipinski definition) is 1. The highest BCUT2D eigenvalue weighted by atomic mass is 16.5. The predicted molar refractivity (Wildman–Crippen MR) is 87.8 cm³/mol. The summed E-state index contributed by atoms with van der Waals surface area (Å²) in [4.78, 5) is 33.6. The Labute approximate surface area is 146 Å². The van der Waals surface area contributed by atoms with Crippen LogP contribution in [0.2, 0.25) is 0 Å². The van der Waals surface area contributed by atoms with Gasteiger partial charge in [0.25, 0.3) is 0 Å². The average Bonchev–Trinajstić information content (AvgIpc) is 3.27. The molecule has 0 bridgehead atoms. The quantitative estimate of drug-likeness (QED) is 0.733. The summed E-state index contributed by atoms with van der Waals surface area (Å²) in [6, 6.07) is -0.159. The number of hydrogen-bond acceptors (Lipinski definition) is 7. The van der Waals surface area contributed by atoms with Crippen LogP contribution in [0.4, 0.5) is 4.79 Å². The van der Waals surface area contributed by atoms with E-state index in [2.05, 4.69) is 32.2 Å². The van der Waals surface area contributed by atoms with E-state index in [1.54, 1.807) is 0 Å². The monoisotopic (exact) mass is 348 g/mol. The molecular weight excluding hydrogens is 324 g/mol. The third kappa shape index (κ3) is 3.52. The van der Waals surface area contributed by atoms with Crippen molar-refractivity contribution in [3.05, 3.63) is 11.7 Å². The standard InChI is InChI=1S/C16H24N6O3/c1-11(15-18-14(19-25-15)12-2-3-12)21-7-4-20(5-8-21)6-9-22-13(23)10-17-16(22)24/h11-12H,2-10H2,1H3,(H,17,24)/t11-/m1/s1. The molecule has 1 aromatic heterocycles. The van der Waals surface area contributed by atoms with Gasteiger partial charge in [-0.1, -0.05) is 5.16 Å². The molecule has 3 heterocycles. The molecule has 0 spiro atoms. The third-order valence-electron chi connectivity index (χ3n) is 5.29. The van der Waals surface area contributed by atoms with E-state index < -0.39 is 0 Å². The molecule has 1 N–H and O–H groups in total. The van der Waals surface area contributed by atoms with Gasteiger partial charge in [0.15, 0.2) is 5.82 Å². The Bertz CT molecular complexity index is 634. The minimum absolute atomic E-state index is 0.119. The van der Waals surface area contributed by atoms with Gasteiger partial charge in [0.2, 0.25) is 11.8 Å². The van der Waals surface area contributed by atoms with Gasteiger partial charge >= 0.3 is 6.03 Å². The molecule has 9 heteroatoms. The van der Waals surface area contributed by atoms with E-state index in [9.17, 15) is 9.59 Å². The lowest BCUT2D eigenvalue weighted by Gasteiger charge is -2.37. The zero-order valence-electron chi connectivity index (χ0n) is 14.5. The summed E-state index contributed by atoms with van der Waals surface area (Å²) in [5, 5.41) is 6.65. The van der Waals surface area contributed by atoms with Crippen LogP contribution in [0.3, 0.4) is 0 Å². The number of carbonyl (C=O) groups excluding carboxylic acids is 2. The normalized spacial score (nSPS) is 24.0. The fourth-order valence-corrected chi connectivity index (χ4v) is 3.38. The predicted octanol–water partition coefficient (Wildman–Crippen LogP) is 0.177. The number of aromatic nitrogens is 2. The molecule has 9 nitrogen and oxygen atoms in total. The second-order valence-electron chi connectivity index (χ2n) is 7.02. The van der Waals surface area contributed by atoms with E-state index in [1.807, 2.05) is 0 Å². The SMILES string of the molecule is C[C@H](c1nc(C2CC2)no1)N1CCN(CCN2C(=O)CNC2=O)CC1. The van der Waals surface area contributed by atoms with Crippen LogP contribution in [0.1, 0.15) is 43.4 Å². The fraction of sp³-hybridized carbons (Fsp3) is 0.750. The van der Waals surface area contributed by atoms with E-state index in [0.717, 1.165) is 32.0 Å². The highest BCUT2D eigenvalue weighted by molar-refractivity contribution is 6.01. The first-order chi connectivity index (χ1) is 12.1. The summed E-state index contributed by atoms with van der Waals surface area (Å²) >= 11 is 0. The van der Waals surface area contributed by atoms with Gasteiger partial charge in [-0.2, -0.15) is 4.98 Å². The van der Waals surface area contributed by atoms with Crippen LogP contribution in [0.5, 0.6) is 0 Å². The van der Waals surface area contributed by atoms with Crippen LogP contribution in [0, 0.1) is 0 Å². The number of imide groups is 1. The molecule has 0 aromatic carbocycles. The van der Waals surface area contributed by atoms with Gasteiger partial charge in [-0.3, -0.25) is 19.5 Å². The minimum atomic E-state index is -0.278. The van der Waals surface area contributed by atoms with Crippen LogP contribution in [0.15, 0.2) is 4.52 Å². The van der Waals surface area contributed by atoms with Crippen LogP contribution in [-0.2, 0) is 4.79 Å². The summed E-state index contributed by atoms with van der Waals surface area (Å²) in [5.41, 5.74) is 0. The van der Waals surface area contributed by atoms with Crippen molar-refractivity contribution in [3.8, 4) is 0 Å². The minimum Gasteiger partial charge on any atom is -0.338 e. The van der Waals surface area contributed by atoms with Crippen LogP contribution < -0.4 is 5.32 Å². The van der Waals surface area contributed by atoms with Crippen LogP contribution in [0.25, 0.3) is 0 Å². The maximum Gasteiger partial charge on any atom is 0.324 e. The van der Waals surface area contributed by atoms with Crippen molar-refractivity contribution in [1.82, 2.24) is 30.2 Å². The highest BCUT2D eigenvalue weighted by Crippen LogP contribution is 2.38. The van der Waals surface area contributed by atoms with Gasteiger partial charge in [0.1, 0.15) is 0 Å². The Morgan fingerprint density at radius 2 is 1.96 bits per heavy atom. The largest absolute Gasteiger partial charge is 0.338 e. The lowest BCUT2D eigenvalue weighted by atomic mass is 10.2. The molecule has 0 unspecified atom stereocenters. The van der Waals surface area contributed by atoms with Crippen LogP contribution >= 0.6 is 0 Å². The number of rotatable bonds is 6. The van der Waals surface area contributed by atoms with E-state index in [0.29, 0.717) is 24.9 Å². The second-order valence-corrected chi connectivity index (χ2v) is 7.02. The van der Waals surface area contributed by atoms with Gasteiger partial charge in [-0.05, 0) is 19.8 Å². The van der Waals surface area contributed by atoms with E-state index >= 15 is 0 Å². The van der Waals surface area contributed by atoms with Crippen molar-refractivity contribution in [2.24, 2.45) is 0 Å². The molecule has 4 rings (SSSR count). The van der Waals surface area contributed by atoms with E-state index in [-0.39, 0.29) is 24.5 Å². The first-order valence-corrected chi connectivity index (χ1v) is 9.00. The fourth-order valence-electron chi connectivity index (χ4n) is 3.38. The number of urea groups is 1. The summed E-state index contributed by atoms with van der Waals surface area (Å²) in [6.07, 6.45) is 2.34. The molecule has 1 atom stereocenters. The van der Waals surface area contributed by atoms with Crippen molar-refractivity contribution < 1.29 is 14.1 Å². The zero-order chi connectivity index (χ0) is 17.4. The van der Waals surface area contributed by atoms with Gasteiger partial charge in [0, 0.05) is 45.2 Å².